The molecule has 0 bridgehead atoms. The zero-order valence-corrected chi connectivity index (χ0v) is 17.8. The van der Waals surface area contributed by atoms with Gasteiger partial charge in [0.25, 0.3) is 0 Å². The van der Waals surface area contributed by atoms with Crippen molar-refractivity contribution in [2.75, 3.05) is 31.5 Å². The van der Waals surface area contributed by atoms with Gasteiger partial charge in [0.05, 0.1) is 17.6 Å². The van der Waals surface area contributed by atoms with Crippen molar-refractivity contribution < 1.29 is 18.0 Å². The summed E-state index contributed by atoms with van der Waals surface area (Å²) in [6, 6.07) is 15.2. The maximum Gasteiger partial charge on any atom is 0.435 e. The molecule has 0 atom stereocenters. The summed E-state index contributed by atoms with van der Waals surface area (Å²) in [7, 11) is 0. The molecular weight excluding hydrogens is 443 g/mol. The van der Waals surface area contributed by atoms with Crippen molar-refractivity contribution in [3.63, 3.8) is 0 Å². The molecule has 10 heteroatoms. The molecule has 3 aromatic rings. The number of carbonyl (C=O) groups excluding carboxylic acids is 1. The zero-order chi connectivity index (χ0) is 22.7. The van der Waals surface area contributed by atoms with Crippen molar-refractivity contribution in [1.82, 2.24) is 19.6 Å². The summed E-state index contributed by atoms with van der Waals surface area (Å²) < 4.78 is 42.2. The monoisotopic (exact) mass is 463 g/mol. The van der Waals surface area contributed by atoms with Crippen molar-refractivity contribution in [3.8, 4) is 5.69 Å². The summed E-state index contributed by atoms with van der Waals surface area (Å²) >= 11 is 5.83. The van der Waals surface area contributed by atoms with Gasteiger partial charge in [0.15, 0.2) is 5.69 Å². The molecule has 1 saturated heterocycles. The summed E-state index contributed by atoms with van der Waals surface area (Å²) in [6.07, 6.45) is -3.70. The molecule has 2 amide bonds. The quantitative estimate of drug-likeness (QED) is 0.599. The van der Waals surface area contributed by atoms with Crippen LogP contribution < -0.4 is 5.32 Å². The molecule has 168 valence electrons. The lowest BCUT2D eigenvalue weighted by Crippen LogP contribution is -2.49. The molecular formula is C22H21ClF3N5O. The Kier molecular flexibility index (Phi) is 6.38. The van der Waals surface area contributed by atoms with Crippen LogP contribution in [0.5, 0.6) is 0 Å². The number of aromatic nitrogens is 2. The number of alkyl halides is 3. The standard InChI is InChI=1S/C22H21ClF3N5O/c23-17-6-8-18(9-7-17)31-20(22(24,25)26)19(14-27-31)28-21(32)30-12-10-29(11-13-30)15-16-4-2-1-3-5-16/h1-9,14H,10-13,15H2,(H,28,32). The molecule has 32 heavy (non-hydrogen) atoms. The Morgan fingerprint density at radius 3 is 2.28 bits per heavy atom. The van der Waals surface area contributed by atoms with Crippen molar-refractivity contribution in [3.05, 3.63) is 77.1 Å². The van der Waals surface area contributed by atoms with Crippen LogP contribution in [0.1, 0.15) is 11.3 Å². The molecule has 1 aliphatic heterocycles. The molecule has 1 aliphatic rings. The van der Waals surface area contributed by atoms with Gasteiger partial charge in [-0.15, -0.1) is 0 Å². The van der Waals surface area contributed by atoms with E-state index in [1.165, 1.54) is 34.7 Å². The Bertz CT molecular complexity index is 1060. The topological polar surface area (TPSA) is 53.4 Å². The van der Waals surface area contributed by atoms with Crippen LogP contribution in [0.2, 0.25) is 5.02 Å². The zero-order valence-electron chi connectivity index (χ0n) is 17.0. The third-order valence-electron chi connectivity index (χ3n) is 5.26. The molecule has 0 saturated carbocycles. The lowest BCUT2D eigenvalue weighted by molar-refractivity contribution is -0.142. The average Bonchev–Trinajstić information content (AvgIpc) is 3.19. The van der Waals surface area contributed by atoms with Gasteiger partial charge in [-0.3, -0.25) is 4.90 Å². The lowest BCUT2D eigenvalue weighted by Gasteiger charge is -2.34. The van der Waals surface area contributed by atoms with Gasteiger partial charge in [-0.25, -0.2) is 9.48 Å². The Morgan fingerprint density at radius 2 is 1.66 bits per heavy atom. The van der Waals surface area contributed by atoms with Gasteiger partial charge in [0.1, 0.15) is 0 Å². The smallest absolute Gasteiger partial charge is 0.322 e. The Labute approximate surface area is 188 Å². The van der Waals surface area contributed by atoms with Gasteiger partial charge in [0, 0.05) is 37.7 Å². The normalized spacial score (nSPS) is 15.1. The van der Waals surface area contributed by atoms with Gasteiger partial charge < -0.3 is 10.2 Å². The second-order valence-corrected chi connectivity index (χ2v) is 7.91. The van der Waals surface area contributed by atoms with E-state index in [0.29, 0.717) is 31.2 Å². The number of nitrogens with one attached hydrogen (secondary N) is 1. The summed E-state index contributed by atoms with van der Waals surface area (Å²) in [4.78, 5) is 16.4. The van der Waals surface area contributed by atoms with E-state index in [1.54, 1.807) is 0 Å². The van der Waals surface area contributed by atoms with Crippen molar-refractivity contribution in [2.45, 2.75) is 12.7 Å². The number of hydrogen-bond donors (Lipinski definition) is 1. The molecule has 0 spiro atoms. The number of rotatable bonds is 4. The molecule has 4 rings (SSSR count). The highest BCUT2D eigenvalue weighted by Gasteiger charge is 2.39. The maximum absolute atomic E-state index is 13.8. The Balaban J connectivity index is 1.44. The molecule has 0 unspecified atom stereocenters. The fourth-order valence-corrected chi connectivity index (χ4v) is 3.76. The molecule has 2 aromatic carbocycles. The molecule has 2 heterocycles. The summed E-state index contributed by atoms with van der Waals surface area (Å²) in [6.45, 7) is 2.88. The number of hydrogen-bond acceptors (Lipinski definition) is 3. The number of nitrogens with zero attached hydrogens (tertiary/aromatic N) is 4. The average molecular weight is 464 g/mol. The van der Waals surface area contributed by atoms with Gasteiger partial charge in [-0.1, -0.05) is 41.9 Å². The predicted octanol–water partition coefficient (Wildman–Crippen LogP) is 4.89. The predicted molar refractivity (Wildman–Crippen MR) is 116 cm³/mol. The summed E-state index contributed by atoms with van der Waals surface area (Å²) in [5, 5.41) is 6.64. The molecule has 0 radical (unpaired) electrons. The number of benzene rings is 2. The van der Waals surface area contributed by atoms with Crippen LogP contribution in [-0.2, 0) is 12.7 Å². The van der Waals surface area contributed by atoms with Gasteiger partial charge in [0.2, 0.25) is 0 Å². The first kappa shape index (κ1) is 22.2. The minimum absolute atomic E-state index is 0.191. The first-order chi connectivity index (χ1) is 15.3. The largest absolute Gasteiger partial charge is 0.435 e. The molecule has 1 fully saturated rings. The molecule has 1 aromatic heterocycles. The number of halogens is 4. The number of carbonyl (C=O) groups is 1. The number of amides is 2. The first-order valence-electron chi connectivity index (χ1n) is 10.0. The van der Waals surface area contributed by atoms with E-state index in [4.69, 9.17) is 11.6 Å². The fourth-order valence-electron chi connectivity index (χ4n) is 3.64. The fraction of sp³-hybridized carbons (Fsp3) is 0.273. The molecule has 6 nitrogen and oxygen atoms in total. The van der Waals surface area contributed by atoms with E-state index < -0.39 is 17.9 Å². The van der Waals surface area contributed by atoms with Crippen molar-refractivity contribution >= 4 is 23.3 Å². The van der Waals surface area contributed by atoms with E-state index in [0.717, 1.165) is 17.4 Å². The Hall–Kier alpha value is -3.04. The van der Waals surface area contributed by atoms with Crippen LogP contribution in [-0.4, -0.2) is 51.8 Å². The van der Waals surface area contributed by atoms with Gasteiger partial charge in [-0.2, -0.15) is 18.3 Å². The van der Waals surface area contributed by atoms with E-state index in [9.17, 15) is 18.0 Å². The second-order valence-electron chi connectivity index (χ2n) is 7.47. The van der Waals surface area contributed by atoms with E-state index in [2.05, 4.69) is 15.3 Å². The van der Waals surface area contributed by atoms with Crippen LogP contribution in [0.15, 0.2) is 60.8 Å². The third-order valence-corrected chi connectivity index (χ3v) is 5.51. The third kappa shape index (κ3) is 5.05. The minimum Gasteiger partial charge on any atom is -0.322 e. The van der Waals surface area contributed by atoms with Crippen LogP contribution in [0.4, 0.5) is 23.7 Å². The van der Waals surface area contributed by atoms with Crippen molar-refractivity contribution in [2.24, 2.45) is 0 Å². The van der Waals surface area contributed by atoms with Crippen LogP contribution in [0, 0.1) is 0 Å². The molecule has 0 aliphatic carbocycles. The lowest BCUT2D eigenvalue weighted by atomic mass is 10.2. The van der Waals surface area contributed by atoms with Crippen LogP contribution in [0.25, 0.3) is 5.69 Å². The highest BCUT2D eigenvalue weighted by Crippen LogP contribution is 2.36. The summed E-state index contributed by atoms with van der Waals surface area (Å²) in [5.41, 5.74) is -0.0633. The molecule has 1 N–H and O–H groups in total. The van der Waals surface area contributed by atoms with E-state index in [1.807, 2.05) is 30.3 Å². The number of anilines is 1. The SMILES string of the molecule is O=C(Nc1cnn(-c2ccc(Cl)cc2)c1C(F)(F)F)N1CCN(Cc2ccccc2)CC1. The second kappa shape index (κ2) is 9.22. The van der Waals surface area contributed by atoms with Crippen LogP contribution in [0.3, 0.4) is 0 Å². The maximum atomic E-state index is 13.8. The van der Waals surface area contributed by atoms with E-state index >= 15 is 0 Å². The van der Waals surface area contributed by atoms with Gasteiger partial charge in [-0.05, 0) is 29.8 Å². The first-order valence-corrected chi connectivity index (χ1v) is 10.4. The minimum atomic E-state index is -4.72. The number of piperazine rings is 1. The number of urea groups is 1. The van der Waals surface area contributed by atoms with Crippen LogP contribution >= 0.6 is 11.6 Å². The van der Waals surface area contributed by atoms with Crippen molar-refractivity contribution in [1.29, 1.82) is 0 Å². The summed E-state index contributed by atoms with van der Waals surface area (Å²) in [5.74, 6) is 0. The van der Waals surface area contributed by atoms with Gasteiger partial charge >= 0.3 is 12.2 Å². The Morgan fingerprint density at radius 1 is 1.00 bits per heavy atom. The highest BCUT2D eigenvalue weighted by atomic mass is 35.5. The van der Waals surface area contributed by atoms with E-state index in [-0.39, 0.29) is 11.4 Å². The highest BCUT2D eigenvalue weighted by molar-refractivity contribution is 6.30.